The molecule has 0 aliphatic carbocycles. The number of benzene rings is 3. The molecule has 4 aromatic rings. The molecule has 1 N–H and O–H groups in total. The summed E-state index contributed by atoms with van der Waals surface area (Å²) < 4.78 is 1.93. The molecule has 0 radical (unpaired) electrons. The summed E-state index contributed by atoms with van der Waals surface area (Å²) in [6.07, 6.45) is 1.00. The van der Waals surface area contributed by atoms with Crippen molar-refractivity contribution in [1.82, 2.24) is 14.8 Å². The molecule has 164 valence electrons. The van der Waals surface area contributed by atoms with Gasteiger partial charge in [0.25, 0.3) is 0 Å². The Morgan fingerprint density at radius 3 is 2.00 bits per heavy atom. The van der Waals surface area contributed by atoms with Gasteiger partial charge in [0.15, 0.2) is 5.43 Å². The molecule has 5 nitrogen and oxygen atoms in total. The van der Waals surface area contributed by atoms with Crippen LogP contribution < -0.4 is 10.7 Å². The number of amides is 1. The average Bonchev–Trinajstić information content (AvgIpc) is 2.82. The van der Waals surface area contributed by atoms with Crippen LogP contribution in [-0.4, -0.2) is 36.0 Å². The first-order chi connectivity index (χ1) is 15.5. The maximum atomic E-state index is 13.0. The molecule has 3 aromatic carbocycles. The fourth-order valence-electron chi connectivity index (χ4n) is 4.23. The zero-order valence-corrected chi connectivity index (χ0v) is 18.8. The number of aryl methyl sites for hydroxylation is 1. The maximum absolute atomic E-state index is 13.0. The Hall–Kier alpha value is -3.44. The zero-order chi connectivity index (χ0) is 22.7. The molecular formula is C27H29N3O2. The predicted octanol–water partition coefficient (Wildman–Crippen LogP) is 4.14. The van der Waals surface area contributed by atoms with Crippen molar-refractivity contribution in [2.24, 2.45) is 0 Å². The maximum Gasteiger partial charge on any atom is 0.240 e. The number of carbonyl (C=O) groups excluding carboxylic acids is 1. The van der Waals surface area contributed by atoms with Crippen molar-refractivity contribution in [1.29, 1.82) is 0 Å². The number of rotatable bonds is 7. The standard InChI is InChI=1S/C27H29N3O2/c1-4-19-13-15-20(16-14-19)25(29(2)3)17-28-26(31)18-30-23-11-7-5-9-21(23)27(32)22-10-6-8-12-24(22)30/h5-16,25H,4,17-18H2,1-3H3,(H,28,31)/t25-/m0/s1. The molecule has 0 unspecified atom stereocenters. The van der Waals surface area contributed by atoms with Gasteiger partial charge in [0.05, 0.1) is 17.1 Å². The number of nitrogens with one attached hydrogen (secondary N) is 1. The van der Waals surface area contributed by atoms with Crippen LogP contribution >= 0.6 is 0 Å². The first-order valence-corrected chi connectivity index (χ1v) is 11.0. The molecule has 0 spiro atoms. The Labute approximate surface area is 188 Å². The van der Waals surface area contributed by atoms with Gasteiger partial charge in [-0.3, -0.25) is 9.59 Å². The second-order valence-corrected chi connectivity index (χ2v) is 8.33. The van der Waals surface area contributed by atoms with Crippen molar-refractivity contribution >= 4 is 27.7 Å². The number of fused-ring (bicyclic) bond motifs is 2. The summed E-state index contributed by atoms with van der Waals surface area (Å²) >= 11 is 0. The first-order valence-electron chi connectivity index (χ1n) is 11.0. The molecular weight excluding hydrogens is 398 g/mol. The molecule has 1 heterocycles. The minimum Gasteiger partial charge on any atom is -0.353 e. The van der Waals surface area contributed by atoms with Crippen LogP contribution in [-0.2, 0) is 17.8 Å². The third-order valence-electron chi connectivity index (χ3n) is 6.07. The lowest BCUT2D eigenvalue weighted by Gasteiger charge is -2.25. The van der Waals surface area contributed by atoms with Crippen molar-refractivity contribution in [3.63, 3.8) is 0 Å². The topological polar surface area (TPSA) is 54.3 Å². The monoisotopic (exact) mass is 427 g/mol. The summed E-state index contributed by atoms with van der Waals surface area (Å²) in [6.45, 7) is 2.80. The summed E-state index contributed by atoms with van der Waals surface area (Å²) in [4.78, 5) is 28.0. The van der Waals surface area contributed by atoms with Crippen molar-refractivity contribution in [2.45, 2.75) is 25.9 Å². The van der Waals surface area contributed by atoms with Crippen LogP contribution in [0.3, 0.4) is 0 Å². The average molecular weight is 428 g/mol. The van der Waals surface area contributed by atoms with Gasteiger partial charge >= 0.3 is 0 Å². The lowest BCUT2D eigenvalue weighted by Crippen LogP contribution is -2.36. The van der Waals surface area contributed by atoms with Crippen molar-refractivity contribution < 1.29 is 4.79 Å². The Morgan fingerprint density at radius 1 is 0.906 bits per heavy atom. The largest absolute Gasteiger partial charge is 0.353 e. The van der Waals surface area contributed by atoms with E-state index in [0.717, 1.165) is 17.5 Å². The van der Waals surface area contributed by atoms with Crippen LogP contribution in [0, 0.1) is 0 Å². The summed E-state index contributed by atoms with van der Waals surface area (Å²) in [7, 11) is 4.04. The third kappa shape index (κ3) is 4.30. The number of likely N-dealkylation sites (N-methyl/N-ethyl adjacent to an activating group) is 1. The third-order valence-corrected chi connectivity index (χ3v) is 6.07. The van der Waals surface area contributed by atoms with E-state index in [-0.39, 0.29) is 23.9 Å². The SMILES string of the molecule is CCc1ccc([C@H](CNC(=O)Cn2c3ccccc3c(=O)c3ccccc32)N(C)C)cc1. The number of hydrogen-bond acceptors (Lipinski definition) is 3. The van der Waals surface area contributed by atoms with E-state index in [1.807, 2.05) is 67.2 Å². The first kappa shape index (κ1) is 21.8. The van der Waals surface area contributed by atoms with Gasteiger partial charge in [0.2, 0.25) is 5.91 Å². The van der Waals surface area contributed by atoms with Crippen LogP contribution in [0.1, 0.15) is 24.1 Å². The fraction of sp³-hybridized carbons (Fsp3) is 0.259. The summed E-state index contributed by atoms with van der Waals surface area (Å²) in [5, 5.41) is 4.36. The van der Waals surface area contributed by atoms with Crippen LogP contribution in [0.2, 0.25) is 0 Å². The molecule has 5 heteroatoms. The Morgan fingerprint density at radius 2 is 1.47 bits per heavy atom. The van der Waals surface area contributed by atoms with Crippen LogP contribution in [0.15, 0.2) is 77.6 Å². The highest BCUT2D eigenvalue weighted by Gasteiger charge is 2.17. The highest BCUT2D eigenvalue weighted by molar-refractivity contribution is 5.94. The molecule has 0 fully saturated rings. The molecule has 1 atom stereocenters. The van der Waals surface area contributed by atoms with E-state index in [0.29, 0.717) is 17.3 Å². The molecule has 0 saturated heterocycles. The van der Waals surface area contributed by atoms with Gasteiger partial charge in [0, 0.05) is 17.3 Å². The number of nitrogens with zero attached hydrogens (tertiary/aromatic N) is 2. The molecule has 0 aliphatic rings. The second-order valence-electron chi connectivity index (χ2n) is 8.33. The lowest BCUT2D eigenvalue weighted by atomic mass is 10.0. The lowest BCUT2D eigenvalue weighted by molar-refractivity contribution is -0.121. The van der Waals surface area contributed by atoms with Crippen molar-refractivity contribution in [2.75, 3.05) is 20.6 Å². The molecule has 0 aliphatic heterocycles. The summed E-state index contributed by atoms with van der Waals surface area (Å²) in [6, 6.07) is 23.6. The van der Waals surface area contributed by atoms with Gasteiger partial charge in [-0.15, -0.1) is 0 Å². The van der Waals surface area contributed by atoms with E-state index in [1.54, 1.807) is 0 Å². The Bertz CT molecular complexity index is 1250. The second kappa shape index (κ2) is 9.37. The molecule has 4 rings (SSSR count). The summed E-state index contributed by atoms with van der Waals surface area (Å²) in [5.41, 5.74) is 4.01. The van der Waals surface area contributed by atoms with Crippen LogP contribution in [0.25, 0.3) is 21.8 Å². The van der Waals surface area contributed by atoms with E-state index in [4.69, 9.17) is 0 Å². The number of pyridine rings is 1. The van der Waals surface area contributed by atoms with Crippen LogP contribution in [0.4, 0.5) is 0 Å². The van der Waals surface area contributed by atoms with Gasteiger partial charge in [0.1, 0.15) is 6.54 Å². The van der Waals surface area contributed by atoms with Gasteiger partial charge in [-0.25, -0.2) is 0 Å². The van der Waals surface area contributed by atoms with Crippen LogP contribution in [0.5, 0.6) is 0 Å². The van der Waals surface area contributed by atoms with Gasteiger partial charge in [-0.1, -0.05) is 55.5 Å². The number of aromatic nitrogens is 1. The van der Waals surface area contributed by atoms with Gasteiger partial charge in [-0.05, 0) is 55.9 Å². The number of carbonyl (C=O) groups is 1. The highest BCUT2D eigenvalue weighted by Crippen LogP contribution is 2.20. The highest BCUT2D eigenvalue weighted by atomic mass is 16.2. The molecule has 1 amide bonds. The van der Waals surface area contributed by atoms with Crippen molar-refractivity contribution in [3.8, 4) is 0 Å². The quantitative estimate of drug-likeness (QED) is 0.451. The number of hydrogen-bond donors (Lipinski definition) is 1. The minimum atomic E-state index is -0.0824. The van der Waals surface area contributed by atoms with E-state index in [1.165, 1.54) is 11.1 Å². The zero-order valence-electron chi connectivity index (χ0n) is 18.8. The predicted molar refractivity (Wildman–Crippen MR) is 131 cm³/mol. The molecule has 1 aromatic heterocycles. The minimum absolute atomic E-state index is 0.00365. The normalized spacial score (nSPS) is 12.4. The van der Waals surface area contributed by atoms with Gasteiger partial charge < -0.3 is 14.8 Å². The van der Waals surface area contributed by atoms with Crippen molar-refractivity contribution in [3.05, 3.63) is 94.1 Å². The van der Waals surface area contributed by atoms with E-state index < -0.39 is 0 Å². The molecule has 0 bridgehead atoms. The molecule has 32 heavy (non-hydrogen) atoms. The Balaban J connectivity index is 1.59. The van der Waals surface area contributed by atoms with E-state index in [2.05, 4.69) is 41.4 Å². The van der Waals surface area contributed by atoms with Gasteiger partial charge in [-0.2, -0.15) is 0 Å². The van der Waals surface area contributed by atoms with E-state index in [9.17, 15) is 9.59 Å². The number of para-hydroxylation sites is 2. The fourth-order valence-corrected chi connectivity index (χ4v) is 4.23. The molecule has 0 saturated carbocycles. The smallest absolute Gasteiger partial charge is 0.240 e. The summed E-state index contributed by atoms with van der Waals surface area (Å²) in [5.74, 6) is -0.0824. The van der Waals surface area contributed by atoms with E-state index >= 15 is 0 Å². The Kier molecular flexibility index (Phi) is 6.37.